The Morgan fingerprint density at radius 3 is 2.64 bits per heavy atom. The van der Waals surface area contributed by atoms with Crippen LogP contribution in [0.25, 0.3) is 0 Å². The predicted molar refractivity (Wildman–Crippen MR) is 87.5 cm³/mol. The highest BCUT2D eigenvalue weighted by Gasteiger charge is 2.23. The van der Waals surface area contributed by atoms with E-state index in [4.69, 9.17) is 9.47 Å². The molecule has 0 saturated carbocycles. The van der Waals surface area contributed by atoms with Crippen LogP contribution in [0.2, 0.25) is 0 Å². The van der Waals surface area contributed by atoms with E-state index >= 15 is 0 Å². The Balaban J connectivity index is 1.98. The Morgan fingerprint density at radius 2 is 2.08 bits per heavy atom. The van der Waals surface area contributed by atoms with E-state index in [9.17, 15) is 14.0 Å². The fourth-order valence-electron chi connectivity index (χ4n) is 2.32. The number of methoxy groups -OCH3 is 1. The van der Waals surface area contributed by atoms with Crippen molar-refractivity contribution in [2.45, 2.75) is 19.6 Å². The van der Waals surface area contributed by atoms with Gasteiger partial charge in [0.2, 0.25) is 0 Å². The van der Waals surface area contributed by atoms with Crippen molar-refractivity contribution < 1.29 is 23.5 Å². The molecule has 1 unspecified atom stereocenters. The first-order valence-corrected chi connectivity index (χ1v) is 7.60. The highest BCUT2D eigenvalue weighted by molar-refractivity contribution is 5.90. The molecule has 0 spiro atoms. The fourth-order valence-corrected chi connectivity index (χ4v) is 2.32. The van der Waals surface area contributed by atoms with Crippen molar-refractivity contribution in [3.63, 3.8) is 0 Å². The zero-order valence-electron chi connectivity index (χ0n) is 14.5. The van der Waals surface area contributed by atoms with Gasteiger partial charge < -0.3 is 14.4 Å². The van der Waals surface area contributed by atoms with Crippen LogP contribution in [0.3, 0.4) is 0 Å². The number of esters is 1. The Bertz CT molecular complexity index is 775. The smallest absolute Gasteiger partial charge is 0.357 e. The summed E-state index contributed by atoms with van der Waals surface area (Å²) in [7, 11) is 4.54. The molecule has 8 heteroatoms. The van der Waals surface area contributed by atoms with Crippen molar-refractivity contribution in [2.24, 2.45) is 7.05 Å². The molecule has 1 aromatic heterocycles. The van der Waals surface area contributed by atoms with Gasteiger partial charge in [-0.15, -0.1) is 0 Å². The number of amides is 1. The summed E-state index contributed by atoms with van der Waals surface area (Å²) in [6.45, 7) is 1.66. The topological polar surface area (TPSA) is 73.7 Å². The average molecular weight is 349 g/mol. The summed E-state index contributed by atoms with van der Waals surface area (Å²) in [4.78, 5) is 25.7. The summed E-state index contributed by atoms with van der Waals surface area (Å²) >= 11 is 0. The number of rotatable bonds is 6. The molecule has 134 valence electrons. The molecule has 1 amide bonds. The summed E-state index contributed by atoms with van der Waals surface area (Å²) in [6.07, 6.45) is 0.489. The van der Waals surface area contributed by atoms with Crippen molar-refractivity contribution in [1.82, 2.24) is 14.7 Å². The first-order valence-electron chi connectivity index (χ1n) is 7.60. The number of carbonyl (C=O) groups is 2. The van der Waals surface area contributed by atoms with Gasteiger partial charge in [-0.2, -0.15) is 5.10 Å². The van der Waals surface area contributed by atoms with Gasteiger partial charge in [-0.3, -0.25) is 9.48 Å². The van der Waals surface area contributed by atoms with Gasteiger partial charge in [0.05, 0.1) is 7.11 Å². The second-order valence-electron chi connectivity index (χ2n) is 5.55. The van der Waals surface area contributed by atoms with Crippen LogP contribution in [0, 0.1) is 5.82 Å². The molecule has 25 heavy (non-hydrogen) atoms. The normalized spacial score (nSPS) is 11.7. The van der Waals surface area contributed by atoms with Gasteiger partial charge in [0.1, 0.15) is 5.69 Å². The molecule has 0 saturated heterocycles. The van der Waals surface area contributed by atoms with E-state index in [0.717, 1.165) is 0 Å². The number of nitrogens with zero attached hydrogens (tertiary/aromatic N) is 3. The molecule has 0 bridgehead atoms. The monoisotopic (exact) mass is 349 g/mol. The number of carbonyl (C=O) groups excluding carboxylic acids is 2. The fraction of sp³-hybridized carbons (Fsp3) is 0.353. The first-order chi connectivity index (χ1) is 11.8. The lowest BCUT2D eigenvalue weighted by molar-refractivity contribution is -0.139. The maximum atomic E-state index is 13.7. The molecule has 0 aliphatic carbocycles. The minimum Gasteiger partial charge on any atom is -0.494 e. The SMILES string of the molecule is COc1ccc(CN(C)C(=O)C(C)OC(=O)c2ccnn2C)cc1F. The second kappa shape index (κ2) is 7.78. The van der Waals surface area contributed by atoms with Crippen LogP contribution < -0.4 is 4.74 Å². The third kappa shape index (κ3) is 4.34. The number of aryl methyl sites for hydroxylation is 1. The van der Waals surface area contributed by atoms with E-state index in [1.807, 2.05) is 0 Å². The van der Waals surface area contributed by atoms with Gasteiger partial charge in [-0.25, -0.2) is 9.18 Å². The van der Waals surface area contributed by atoms with Crippen LogP contribution >= 0.6 is 0 Å². The molecule has 1 heterocycles. The van der Waals surface area contributed by atoms with Crippen LogP contribution in [0.15, 0.2) is 30.5 Å². The van der Waals surface area contributed by atoms with Crippen LogP contribution in [-0.2, 0) is 23.1 Å². The van der Waals surface area contributed by atoms with Gasteiger partial charge in [0.15, 0.2) is 17.7 Å². The number of likely N-dealkylation sites (N-methyl/N-ethyl adjacent to an activating group) is 1. The molecule has 0 aliphatic rings. The van der Waals surface area contributed by atoms with Crippen LogP contribution in [0.4, 0.5) is 4.39 Å². The lowest BCUT2D eigenvalue weighted by Gasteiger charge is -2.21. The summed E-state index contributed by atoms with van der Waals surface area (Å²) in [5.74, 6) is -1.40. The Morgan fingerprint density at radius 1 is 1.36 bits per heavy atom. The van der Waals surface area contributed by atoms with Gasteiger partial charge in [-0.05, 0) is 30.7 Å². The minimum absolute atomic E-state index is 0.135. The molecule has 1 aromatic carbocycles. The largest absolute Gasteiger partial charge is 0.494 e. The Kier molecular flexibility index (Phi) is 5.74. The quantitative estimate of drug-likeness (QED) is 0.743. The lowest BCUT2D eigenvalue weighted by atomic mass is 10.2. The highest BCUT2D eigenvalue weighted by atomic mass is 19.1. The van der Waals surface area contributed by atoms with Crippen LogP contribution in [0.5, 0.6) is 5.75 Å². The van der Waals surface area contributed by atoms with Crippen LogP contribution in [-0.4, -0.2) is 46.8 Å². The van der Waals surface area contributed by atoms with Crippen molar-refractivity contribution in [3.05, 3.63) is 47.5 Å². The molecule has 0 aliphatic heterocycles. The van der Waals surface area contributed by atoms with Gasteiger partial charge >= 0.3 is 5.97 Å². The molecule has 2 rings (SSSR count). The van der Waals surface area contributed by atoms with E-state index in [1.165, 1.54) is 48.0 Å². The molecule has 2 aromatic rings. The van der Waals surface area contributed by atoms with Gasteiger partial charge in [0.25, 0.3) is 5.91 Å². The van der Waals surface area contributed by atoms with Crippen molar-refractivity contribution in [1.29, 1.82) is 0 Å². The van der Waals surface area contributed by atoms with E-state index in [-0.39, 0.29) is 18.0 Å². The molecule has 0 fully saturated rings. The summed E-state index contributed by atoms with van der Waals surface area (Å²) in [5.41, 5.74) is 0.846. The van der Waals surface area contributed by atoms with Crippen LogP contribution in [0.1, 0.15) is 23.0 Å². The number of halogens is 1. The molecular weight excluding hydrogens is 329 g/mol. The number of hydrogen-bond acceptors (Lipinski definition) is 5. The highest BCUT2D eigenvalue weighted by Crippen LogP contribution is 2.18. The number of hydrogen-bond donors (Lipinski definition) is 0. The predicted octanol–water partition coefficient (Wildman–Crippen LogP) is 1.77. The maximum Gasteiger partial charge on any atom is 0.357 e. The first kappa shape index (κ1) is 18.4. The van der Waals surface area contributed by atoms with E-state index in [1.54, 1.807) is 20.2 Å². The minimum atomic E-state index is -0.976. The third-order valence-electron chi connectivity index (χ3n) is 3.67. The van der Waals surface area contributed by atoms with E-state index in [0.29, 0.717) is 5.56 Å². The standard InChI is InChI=1S/C17H20FN3O4/c1-11(25-17(23)14-7-8-19-21(14)3)16(22)20(2)10-12-5-6-15(24-4)13(18)9-12/h5-9,11H,10H2,1-4H3. The van der Waals surface area contributed by atoms with Crippen molar-refractivity contribution in [3.8, 4) is 5.75 Å². The van der Waals surface area contributed by atoms with Crippen molar-refractivity contribution in [2.75, 3.05) is 14.2 Å². The Labute approximate surface area is 144 Å². The summed E-state index contributed by atoms with van der Waals surface area (Å²) in [6, 6.07) is 5.96. The average Bonchev–Trinajstić information content (AvgIpc) is 3.00. The third-order valence-corrected chi connectivity index (χ3v) is 3.67. The number of benzene rings is 1. The second-order valence-corrected chi connectivity index (χ2v) is 5.55. The number of aromatic nitrogens is 2. The molecule has 0 radical (unpaired) electrons. The lowest BCUT2D eigenvalue weighted by Crippen LogP contribution is -2.37. The van der Waals surface area contributed by atoms with E-state index in [2.05, 4.69) is 5.10 Å². The zero-order valence-corrected chi connectivity index (χ0v) is 14.5. The molecular formula is C17H20FN3O4. The van der Waals surface area contributed by atoms with Gasteiger partial charge in [0, 0.05) is 26.8 Å². The summed E-state index contributed by atoms with van der Waals surface area (Å²) in [5, 5.41) is 3.88. The molecule has 1 atom stereocenters. The number of ether oxygens (including phenoxy) is 2. The Hall–Kier alpha value is -2.90. The van der Waals surface area contributed by atoms with Gasteiger partial charge in [-0.1, -0.05) is 6.07 Å². The molecule has 7 nitrogen and oxygen atoms in total. The maximum absolute atomic E-state index is 13.7. The van der Waals surface area contributed by atoms with Crippen molar-refractivity contribution >= 4 is 11.9 Å². The zero-order chi connectivity index (χ0) is 18.6. The van der Waals surface area contributed by atoms with E-state index < -0.39 is 23.8 Å². The molecule has 0 N–H and O–H groups in total. The summed E-state index contributed by atoms with van der Waals surface area (Å²) < 4.78 is 25.1.